The lowest BCUT2D eigenvalue weighted by Gasteiger charge is -2.29. The molecule has 0 spiro atoms. The molecule has 0 radical (unpaired) electrons. The van der Waals surface area contributed by atoms with E-state index in [1.54, 1.807) is 13.0 Å². The smallest absolute Gasteiger partial charge is 0.261 e. The van der Waals surface area contributed by atoms with Gasteiger partial charge in [-0.25, -0.2) is 0 Å². The first-order chi connectivity index (χ1) is 14.7. The molecule has 2 aromatic carbocycles. The van der Waals surface area contributed by atoms with E-state index in [1.165, 1.54) is 4.90 Å². The quantitative estimate of drug-likeness (QED) is 0.526. The van der Waals surface area contributed by atoms with Crippen LogP contribution in [-0.2, 0) is 16.1 Å². The molecule has 5 nitrogen and oxygen atoms in total. The third-order valence-corrected chi connectivity index (χ3v) is 5.78. The van der Waals surface area contributed by atoms with Crippen LogP contribution < -0.4 is 10.1 Å². The van der Waals surface area contributed by atoms with Gasteiger partial charge in [0.2, 0.25) is 5.91 Å². The van der Waals surface area contributed by atoms with Gasteiger partial charge in [-0.3, -0.25) is 9.59 Å². The summed E-state index contributed by atoms with van der Waals surface area (Å²) in [4.78, 5) is 27.4. The summed E-state index contributed by atoms with van der Waals surface area (Å²) < 4.78 is 5.88. The van der Waals surface area contributed by atoms with E-state index in [4.69, 9.17) is 16.3 Å². The van der Waals surface area contributed by atoms with E-state index in [-0.39, 0.29) is 25.0 Å². The average Bonchev–Trinajstić information content (AvgIpc) is 2.74. The number of carbonyl (C=O) groups excluding carboxylic acids is 2. The molecule has 0 bridgehead atoms. The molecule has 2 amide bonds. The first-order valence-corrected chi connectivity index (χ1v) is 11.1. The van der Waals surface area contributed by atoms with E-state index in [0.717, 1.165) is 35.1 Å². The van der Waals surface area contributed by atoms with Gasteiger partial charge >= 0.3 is 0 Å². The number of hydrogen-bond acceptors (Lipinski definition) is 3. The lowest BCUT2D eigenvalue weighted by molar-refractivity contribution is -0.142. The Morgan fingerprint density at radius 3 is 2.55 bits per heavy atom. The zero-order valence-corrected chi connectivity index (χ0v) is 19.9. The maximum Gasteiger partial charge on any atom is 0.261 e. The Kier molecular flexibility index (Phi) is 9.38. The van der Waals surface area contributed by atoms with Crippen molar-refractivity contribution in [2.45, 2.75) is 60.0 Å². The van der Waals surface area contributed by atoms with Crippen molar-refractivity contribution in [1.29, 1.82) is 0 Å². The number of nitrogens with one attached hydrogen (secondary N) is 1. The predicted octanol–water partition coefficient (Wildman–Crippen LogP) is 4.98. The van der Waals surface area contributed by atoms with Gasteiger partial charge in [0.05, 0.1) is 0 Å². The topological polar surface area (TPSA) is 58.6 Å². The molecular weight excluding hydrogens is 412 g/mol. The van der Waals surface area contributed by atoms with Crippen molar-refractivity contribution in [2.75, 3.05) is 13.2 Å². The monoisotopic (exact) mass is 444 g/mol. The normalized spacial score (nSPS) is 11.7. The number of halogens is 1. The van der Waals surface area contributed by atoms with Gasteiger partial charge in [-0.2, -0.15) is 0 Å². The van der Waals surface area contributed by atoms with Gasteiger partial charge in [-0.1, -0.05) is 49.2 Å². The molecule has 2 rings (SSSR count). The van der Waals surface area contributed by atoms with Crippen LogP contribution >= 0.6 is 11.6 Å². The van der Waals surface area contributed by atoms with Crippen LogP contribution in [0.5, 0.6) is 5.75 Å². The molecule has 0 saturated heterocycles. The van der Waals surface area contributed by atoms with E-state index >= 15 is 0 Å². The summed E-state index contributed by atoms with van der Waals surface area (Å²) in [6.45, 7) is 10.5. The molecule has 1 N–H and O–H groups in total. The van der Waals surface area contributed by atoms with Crippen molar-refractivity contribution in [1.82, 2.24) is 10.2 Å². The SMILES string of the molecule is CCCCNC(=O)C(C)N(Cc1ccccc1Cl)C(=O)COc1cc(C)cc(C)c1C. The number of unbranched alkanes of at least 4 members (excludes halogenated alkanes) is 1. The van der Waals surface area contributed by atoms with E-state index in [9.17, 15) is 9.59 Å². The summed E-state index contributed by atoms with van der Waals surface area (Å²) >= 11 is 6.32. The molecule has 0 aromatic heterocycles. The number of ether oxygens (including phenoxy) is 1. The highest BCUT2D eigenvalue weighted by atomic mass is 35.5. The Balaban J connectivity index is 2.19. The van der Waals surface area contributed by atoms with Crippen molar-refractivity contribution in [2.24, 2.45) is 0 Å². The van der Waals surface area contributed by atoms with Gasteiger partial charge in [0.15, 0.2) is 6.61 Å². The fourth-order valence-corrected chi connectivity index (χ4v) is 3.50. The molecule has 1 unspecified atom stereocenters. The highest BCUT2D eigenvalue weighted by Crippen LogP contribution is 2.24. The van der Waals surface area contributed by atoms with Crippen LogP contribution in [0.3, 0.4) is 0 Å². The molecule has 6 heteroatoms. The van der Waals surface area contributed by atoms with E-state index in [1.807, 2.05) is 45.0 Å². The van der Waals surface area contributed by atoms with E-state index in [0.29, 0.717) is 17.3 Å². The van der Waals surface area contributed by atoms with Gasteiger partial charge in [-0.15, -0.1) is 0 Å². The molecule has 0 fully saturated rings. The predicted molar refractivity (Wildman–Crippen MR) is 126 cm³/mol. The highest BCUT2D eigenvalue weighted by molar-refractivity contribution is 6.31. The second kappa shape index (κ2) is 11.8. The number of hydrogen-bond donors (Lipinski definition) is 1. The molecule has 1 atom stereocenters. The van der Waals surface area contributed by atoms with Crippen molar-refractivity contribution in [3.05, 3.63) is 63.7 Å². The van der Waals surface area contributed by atoms with Crippen LogP contribution in [0, 0.1) is 20.8 Å². The zero-order chi connectivity index (χ0) is 23.0. The molecule has 0 aliphatic rings. The molecule has 0 heterocycles. The maximum atomic E-state index is 13.2. The molecule has 0 aliphatic carbocycles. The minimum Gasteiger partial charge on any atom is -0.483 e. The van der Waals surface area contributed by atoms with Crippen molar-refractivity contribution in [3.8, 4) is 5.75 Å². The van der Waals surface area contributed by atoms with Crippen LogP contribution in [-0.4, -0.2) is 35.9 Å². The summed E-state index contributed by atoms with van der Waals surface area (Å²) in [6, 6.07) is 10.7. The Bertz CT molecular complexity index is 914. The van der Waals surface area contributed by atoms with Gasteiger partial charge in [0.1, 0.15) is 11.8 Å². The summed E-state index contributed by atoms with van der Waals surface area (Å²) in [7, 11) is 0. The Morgan fingerprint density at radius 2 is 1.87 bits per heavy atom. The van der Waals surface area contributed by atoms with Crippen LogP contribution in [0.2, 0.25) is 5.02 Å². The first-order valence-electron chi connectivity index (χ1n) is 10.8. The Labute approximate surface area is 190 Å². The summed E-state index contributed by atoms with van der Waals surface area (Å²) in [6.07, 6.45) is 1.88. The molecular formula is C25H33ClN2O3. The first kappa shape index (κ1) is 24.7. The number of nitrogens with zero attached hydrogens (tertiary/aromatic N) is 1. The Morgan fingerprint density at radius 1 is 1.16 bits per heavy atom. The van der Waals surface area contributed by atoms with Crippen LogP contribution in [0.4, 0.5) is 0 Å². The third-order valence-electron chi connectivity index (χ3n) is 5.41. The molecule has 0 aliphatic heterocycles. The Hall–Kier alpha value is -2.53. The zero-order valence-electron chi connectivity index (χ0n) is 19.1. The lowest BCUT2D eigenvalue weighted by Crippen LogP contribution is -2.49. The number of carbonyl (C=O) groups is 2. The van der Waals surface area contributed by atoms with Gasteiger partial charge in [0, 0.05) is 18.1 Å². The summed E-state index contributed by atoms with van der Waals surface area (Å²) in [5.41, 5.74) is 3.97. The lowest BCUT2D eigenvalue weighted by atomic mass is 10.1. The minimum absolute atomic E-state index is 0.152. The number of rotatable bonds is 10. The summed E-state index contributed by atoms with van der Waals surface area (Å²) in [5, 5.41) is 3.47. The number of benzene rings is 2. The standard InChI is InChI=1S/C25H33ClN2O3/c1-6-7-12-27-25(30)20(5)28(15-21-10-8-9-11-22(21)26)24(29)16-31-23-14-17(2)13-18(3)19(23)4/h8-11,13-14,20H,6-7,12,15-16H2,1-5H3,(H,27,30). The van der Waals surface area contributed by atoms with Gasteiger partial charge in [-0.05, 0) is 68.5 Å². The fraction of sp³-hybridized carbons (Fsp3) is 0.440. The van der Waals surface area contributed by atoms with Crippen LogP contribution in [0.1, 0.15) is 48.9 Å². The van der Waals surface area contributed by atoms with Crippen molar-refractivity contribution >= 4 is 23.4 Å². The van der Waals surface area contributed by atoms with Gasteiger partial charge < -0.3 is 15.0 Å². The van der Waals surface area contributed by atoms with Crippen molar-refractivity contribution < 1.29 is 14.3 Å². The average molecular weight is 445 g/mol. The number of amides is 2. The highest BCUT2D eigenvalue weighted by Gasteiger charge is 2.27. The third kappa shape index (κ3) is 7.00. The second-order valence-electron chi connectivity index (χ2n) is 7.93. The van der Waals surface area contributed by atoms with Crippen LogP contribution in [0.15, 0.2) is 36.4 Å². The molecule has 168 valence electrons. The van der Waals surface area contributed by atoms with E-state index < -0.39 is 6.04 Å². The molecule has 31 heavy (non-hydrogen) atoms. The fourth-order valence-electron chi connectivity index (χ4n) is 3.30. The largest absolute Gasteiger partial charge is 0.483 e. The molecule has 0 saturated carbocycles. The maximum absolute atomic E-state index is 13.2. The van der Waals surface area contributed by atoms with Gasteiger partial charge in [0.25, 0.3) is 5.91 Å². The van der Waals surface area contributed by atoms with Crippen molar-refractivity contribution in [3.63, 3.8) is 0 Å². The summed E-state index contributed by atoms with van der Waals surface area (Å²) in [5.74, 6) is 0.233. The second-order valence-corrected chi connectivity index (χ2v) is 8.33. The van der Waals surface area contributed by atoms with E-state index in [2.05, 4.69) is 18.3 Å². The number of aryl methyl sites for hydroxylation is 2. The molecule has 2 aromatic rings. The van der Waals surface area contributed by atoms with Crippen LogP contribution in [0.25, 0.3) is 0 Å². The minimum atomic E-state index is -0.649.